The van der Waals surface area contributed by atoms with Crippen LogP contribution in [0.15, 0.2) is 24.3 Å². The summed E-state index contributed by atoms with van der Waals surface area (Å²) in [6, 6.07) is 7.02. The smallest absolute Gasteiger partial charge is 0.225 e. The van der Waals surface area contributed by atoms with Crippen molar-refractivity contribution in [2.75, 3.05) is 7.05 Å². The molecule has 0 bridgehead atoms. The van der Waals surface area contributed by atoms with Crippen molar-refractivity contribution >= 4 is 23.4 Å². The molecule has 0 spiro atoms. The average Bonchev–Trinajstić information content (AvgIpc) is 3.09. The average molecular weight is 431 g/mol. The minimum Gasteiger partial charge on any atom is -0.350 e. The fourth-order valence-electron chi connectivity index (χ4n) is 4.25. The Morgan fingerprint density at radius 2 is 1.93 bits per heavy atom. The molecule has 1 aliphatic heterocycles. The lowest BCUT2D eigenvalue weighted by molar-refractivity contribution is -0.127. The third kappa shape index (κ3) is 4.86. The molecule has 1 aromatic carbocycles. The van der Waals surface area contributed by atoms with Gasteiger partial charge in [0.05, 0.1) is 17.8 Å². The second-order valence-corrected chi connectivity index (χ2v) is 9.04. The summed E-state index contributed by atoms with van der Waals surface area (Å²) < 4.78 is 2.04. The van der Waals surface area contributed by atoms with Gasteiger partial charge in [-0.2, -0.15) is 5.10 Å². The molecule has 0 saturated carbocycles. The van der Waals surface area contributed by atoms with Gasteiger partial charge >= 0.3 is 0 Å². The normalized spacial score (nSPS) is 19.0. The summed E-state index contributed by atoms with van der Waals surface area (Å²) in [5.41, 5.74) is 4.22. The minimum absolute atomic E-state index is 0.0295. The van der Waals surface area contributed by atoms with Crippen LogP contribution in [0, 0.1) is 19.8 Å². The minimum atomic E-state index is -0.248. The van der Waals surface area contributed by atoms with E-state index in [2.05, 4.69) is 31.2 Å². The molecule has 2 amide bonds. The number of carbonyl (C=O) groups excluding carboxylic acids is 2. The Hall–Kier alpha value is -2.34. The third-order valence-corrected chi connectivity index (χ3v) is 6.07. The number of aryl methyl sites for hydroxylation is 1. The van der Waals surface area contributed by atoms with Gasteiger partial charge in [0.15, 0.2) is 0 Å². The molecule has 1 fully saturated rings. The van der Waals surface area contributed by atoms with Crippen molar-refractivity contribution < 1.29 is 9.59 Å². The summed E-state index contributed by atoms with van der Waals surface area (Å²) in [4.78, 5) is 26.8. The molecule has 7 heteroatoms. The fourth-order valence-corrected chi connectivity index (χ4v) is 4.38. The van der Waals surface area contributed by atoms with E-state index >= 15 is 0 Å². The molecule has 2 atom stereocenters. The maximum atomic E-state index is 12.7. The molecular formula is C23H31ClN4O2. The van der Waals surface area contributed by atoms with Crippen LogP contribution < -0.4 is 5.32 Å². The van der Waals surface area contributed by atoms with Crippen molar-refractivity contribution in [2.24, 2.45) is 5.92 Å². The van der Waals surface area contributed by atoms with Gasteiger partial charge in [-0.1, -0.05) is 37.6 Å². The number of aromatic nitrogens is 2. The molecule has 1 aliphatic rings. The first-order valence-electron chi connectivity index (χ1n) is 10.5. The Kier molecular flexibility index (Phi) is 6.86. The van der Waals surface area contributed by atoms with E-state index in [1.54, 1.807) is 11.9 Å². The Morgan fingerprint density at radius 1 is 1.27 bits per heavy atom. The number of hydrogen-bond acceptors (Lipinski definition) is 3. The van der Waals surface area contributed by atoms with E-state index in [1.165, 1.54) is 0 Å². The number of benzene rings is 1. The molecule has 6 nitrogen and oxygen atoms in total. The van der Waals surface area contributed by atoms with Gasteiger partial charge in [0.25, 0.3) is 0 Å². The summed E-state index contributed by atoms with van der Waals surface area (Å²) in [6.45, 7) is 9.27. The molecule has 3 rings (SSSR count). The predicted octanol–water partition coefficient (Wildman–Crippen LogP) is 3.83. The highest BCUT2D eigenvalue weighted by molar-refractivity contribution is 6.30. The number of halogens is 1. The van der Waals surface area contributed by atoms with Crippen molar-refractivity contribution in [1.29, 1.82) is 0 Å². The van der Waals surface area contributed by atoms with E-state index in [4.69, 9.17) is 11.6 Å². The van der Waals surface area contributed by atoms with Crippen LogP contribution in [-0.2, 0) is 22.6 Å². The van der Waals surface area contributed by atoms with Gasteiger partial charge in [-0.3, -0.25) is 14.3 Å². The van der Waals surface area contributed by atoms with Crippen LogP contribution in [0.5, 0.6) is 0 Å². The predicted molar refractivity (Wildman–Crippen MR) is 118 cm³/mol. The molecule has 162 valence electrons. The van der Waals surface area contributed by atoms with Gasteiger partial charge in [0.1, 0.15) is 0 Å². The number of carbonyl (C=O) groups is 2. The molecule has 2 aromatic rings. The van der Waals surface area contributed by atoms with Crippen LogP contribution in [0.4, 0.5) is 0 Å². The van der Waals surface area contributed by atoms with Gasteiger partial charge in [-0.15, -0.1) is 0 Å². The number of likely N-dealkylation sites (tertiary alicyclic amines) is 1. The highest BCUT2D eigenvalue weighted by Gasteiger charge is 2.39. The van der Waals surface area contributed by atoms with Gasteiger partial charge < -0.3 is 10.2 Å². The summed E-state index contributed by atoms with van der Waals surface area (Å²) in [7, 11) is 1.78. The van der Waals surface area contributed by atoms with Crippen LogP contribution in [0.2, 0.25) is 5.02 Å². The van der Waals surface area contributed by atoms with Gasteiger partial charge in [0.2, 0.25) is 11.8 Å². The van der Waals surface area contributed by atoms with Crippen LogP contribution in [0.1, 0.15) is 55.2 Å². The number of likely N-dealkylation sites (N-methyl/N-ethyl adjacent to an activating group) is 1. The maximum absolute atomic E-state index is 12.7. The molecular weight excluding hydrogens is 400 g/mol. The van der Waals surface area contributed by atoms with Crippen LogP contribution in [0.3, 0.4) is 0 Å². The topological polar surface area (TPSA) is 67.2 Å². The van der Waals surface area contributed by atoms with Crippen molar-refractivity contribution in [3.63, 3.8) is 0 Å². The zero-order valence-corrected chi connectivity index (χ0v) is 19.2. The lowest BCUT2D eigenvalue weighted by Crippen LogP contribution is -2.39. The molecule has 2 heterocycles. The SMILES string of the molecule is Cc1nn(CC(C)C)c(C)c1CCC(=O)N[C@@H]1CC(=O)N(C)[C@@H]1c1ccc(Cl)cc1. The Labute approximate surface area is 183 Å². The molecule has 0 unspecified atom stereocenters. The van der Waals surface area contributed by atoms with Crippen molar-refractivity contribution in [3.8, 4) is 0 Å². The van der Waals surface area contributed by atoms with E-state index in [1.807, 2.05) is 35.9 Å². The largest absolute Gasteiger partial charge is 0.350 e. The number of rotatable bonds is 7. The first-order valence-corrected chi connectivity index (χ1v) is 10.9. The van der Waals surface area contributed by atoms with E-state index in [0.717, 1.165) is 29.1 Å². The van der Waals surface area contributed by atoms with E-state index in [-0.39, 0.29) is 23.9 Å². The van der Waals surface area contributed by atoms with Crippen molar-refractivity contribution in [2.45, 2.75) is 65.6 Å². The molecule has 1 saturated heterocycles. The van der Waals surface area contributed by atoms with Crippen molar-refractivity contribution in [1.82, 2.24) is 20.0 Å². The third-order valence-electron chi connectivity index (χ3n) is 5.82. The number of nitrogens with zero attached hydrogens (tertiary/aromatic N) is 3. The van der Waals surface area contributed by atoms with Gasteiger partial charge in [-0.25, -0.2) is 0 Å². The molecule has 0 aliphatic carbocycles. The quantitative estimate of drug-likeness (QED) is 0.725. The van der Waals surface area contributed by atoms with Crippen LogP contribution in [-0.4, -0.2) is 39.6 Å². The standard InChI is InChI=1S/C23H31ClN4O2/c1-14(2)13-28-16(4)19(15(3)26-28)10-11-21(29)25-20-12-22(30)27(5)23(20)17-6-8-18(24)9-7-17/h6-9,14,20,23H,10-13H2,1-5H3,(H,25,29)/t20-,23-/m1/s1. The second-order valence-electron chi connectivity index (χ2n) is 8.60. The number of hydrogen-bond donors (Lipinski definition) is 1. The molecule has 30 heavy (non-hydrogen) atoms. The Balaban J connectivity index is 1.66. The molecule has 0 radical (unpaired) electrons. The first kappa shape index (κ1) is 22.3. The summed E-state index contributed by atoms with van der Waals surface area (Å²) >= 11 is 6.00. The first-order chi connectivity index (χ1) is 14.2. The van der Waals surface area contributed by atoms with Gasteiger partial charge in [-0.05, 0) is 49.4 Å². The van der Waals surface area contributed by atoms with Crippen LogP contribution in [0.25, 0.3) is 0 Å². The monoisotopic (exact) mass is 430 g/mol. The van der Waals surface area contributed by atoms with E-state index in [9.17, 15) is 9.59 Å². The maximum Gasteiger partial charge on any atom is 0.225 e. The number of nitrogens with one attached hydrogen (secondary N) is 1. The highest BCUT2D eigenvalue weighted by Crippen LogP contribution is 2.32. The van der Waals surface area contributed by atoms with Gasteiger partial charge in [0, 0.05) is 37.2 Å². The highest BCUT2D eigenvalue weighted by atomic mass is 35.5. The molecule has 1 N–H and O–H groups in total. The van der Waals surface area contributed by atoms with E-state index in [0.29, 0.717) is 30.2 Å². The van der Waals surface area contributed by atoms with Crippen LogP contribution >= 0.6 is 11.6 Å². The number of amides is 2. The summed E-state index contributed by atoms with van der Waals surface area (Å²) in [6.07, 6.45) is 1.32. The Bertz CT molecular complexity index is 920. The Morgan fingerprint density at radius 3 is 2.57 bits per heavy atom. The summed E-state index contributed by atoms with van der Waals surface area (Å²) in [5, 5.41) is 8.37. The van der Waals surface area contributed by atoms with Crippen molar-refractivity contribution in [3.05, 3.63) is 51.8 Å². The molecule has 1 aromatic heterocycles. The lowest BCUT2D eigenvalue weighted by Gasteiger charge is -2.26. The summed E-state index contributed by atoms with van der Waals surface area (Å²) in [5.74, 6) is 0.500. The van der Waals surface area contributed by atoms with E-state index < -0.39 is 0 Å². The second kappa shape index (κ2) is 9.21. The zero-order valence-electron chi connectivity index (χ0n) is 18.4. The fraction of sp³-hybridized carbons (Fsp3) is 0.522. The zero-order chi connectivity index (χ0) is 22.0. The lowest BCUT2D eigenvalue weighted by atomic mass is 9.99.